The minimum absolute atomic E-state index is 0.0639. The molecule has 0 aliphatic rings. The van der Waals surface area contributed by atoms with E-state index in [1.807, 2.05) is 36.4 Å². The number of nitrogens with zero attached hydrogens (tertiary/aromatic N) is 1. The van der Waals surface area contributed by atoms with E-state index < -0.39 is 0 Å². The molecule has 2 aromatic rings. The Morgan fingerprint density at radius 2 is 2.05 bits per heavy atom. The molecule has 0 spiro atoms. The van der Waals surface area contributed by atoms with Gasteiger partial charge in [0.2, 0.25) is 0 Å². The smallest absolute Gasteiger partial charge is 0.130 e. The molecule has 106 valence electrons. The standard InChI is InChI=1S/C16H19NO3/c1-2-9-19-15-7-6-13(11-18)16(10-15)20-12-14-5-3-4-8-17-14/h3-8,10,18H,2,9,11-12H2,1H3. The number of ether oxygens (including phenoxy) is 2. The Bertz CT molecular complexity index is 529. The first kappa shape index (κ1) is 14.3. The molecule has 0 unspecified atom stereocenters. The lowest BCUT2D eigenvalue weighted by Gasteiger charge is -2.12. The molecule has 1 N–H and O–H groups in total. The maximum atomic E-state index is 9.35. The molecular weight excluding hydrogens is 254 g/mol. The van der Waals surface area contributed by atoms with Crippen LogP contribution in [0.1, 0.15) is 24.6 Å². The molecule has 2 rings (SSSR count). The quantitative estimate of drug-likeness (QED) is 0.842. The van der Waals surface area contributed by atoms with E-state index in [1.54, 1.807) is 6.20 Å². The van der Waals surface area contributed by atoms with Crippen molar-refractivity contribution in [2.24, 2.45) is 0 Å². The average Bonchev–Trinajstić information content (AvgIpc) is 2.52. The third kappa shape index (κ3) is 3.96. The Hall–Kier alpha value is -2.07. The van der Waals surface area contributed by atoms with Gasteiger partial charge in [-0.2, -0.15) is 0 Å². The molecule has 4 heteroatoms. The zero-order valence-electron chi connectivity index (χ0n) is 11.6. The van der Waals surface area contributed by atoms with E-state index in [2.05, 4.69) is 11.9 Å². The second-order valence-electron chi connectivity index (χ2n) is 4.39. The molecule has 0 aliphatic heterocycles. The maximum absolute atomic E-state index is 9.35. The number of hydrogen-bond acceptors (Lipinski definition) is 4. The molecule has 20 heavy (non-hydrogen) atoms. The minimum Gasteiger partial charge on any atom is -0.493 e. The zero-order valence-corrected chi connectivity index (χ0v) is 11.6. The minimum atomic E-state index is -0.0639. The van der Waals surface area contributed by atoms with Crippen LogP contribution < -0.4 is 9.47 Å². The summed E-state index contributed by atoms with van der Waals surface area (Å²) in [4.78, 5) is 4.20. The van der Waals surface area contributed by atoms with Gasteiger partial charge in [-0.1, -0.05) is 13.0 Å². The van der Waals surface area contributed by atoms with E-state index in [9.17, 15) is 5.11 Å². The van der Waals surface area contributed by atoms with Gasteiger partial charge in [-0.05, 0) is 30.7 Å². The van der Waals surface area contributed by atoms with Crippen LogP contribution in [0.3, 0.4) is 0 Å². The first-order valence-electron chi connectivity index (χ1n) is 6.72. The predicted molar refractivity (Wildman–Crippen MR) is 76.7 cm³/mol. The van der Waals surface area contributed by atoms with E-state index in [0.29, 0.717) is 19.0 Å². The number of pyridine rings is 1. The Balaban J connectivity index is 2.07. The van der Waals surface area contributed by atoms with Crippen molar-refractivity contribution in [1.82, 2.24) is 4.98 Å². The number of hydrogen-bond donors (Lipinski definition) is 1. The van der Waals surface area contributed by atoms with E-state index in [1.165, 1.54) is 0 Å². The topological polar surface area (TPSA) is 51.6 Å². The fourth-order valence-corrected chi connectivity index (χ4v) is 1.74. The second kappa shape index (κ2) is 7.50. The molecule has 0 bridgehead atoms. The van der Waals surface area contributed by atoms with Crippen LogP contribution in [0.5, 0.6) is 11.5 Å². The number of benzene rings is 1. The molecule has 0 radical (unpaired) electrons. The zero-order chi connectivity index (χ0) is 14.2. The lowest BCUT2D eigenvalue weighted by molar-refractivity contribution is 0.255. The number of rotatable bonds is 7. The van der Waals surface area contributed by atoms with Gasteiger partial charge in [-0.3, -0.25) is 4.98 Å². The summed E-state index contributed by atoms with van der Waals surface area (Å²) in [5, 5.41) is 9.35. The summed E-state index contributed by atoms with van der Waals surface area (Å²) >= 11 is 0. The van der Waals surface area contributed by atoms with Gasteiger partial charge in [-0.15, -0.1) is 0 Å². The summed E-state index contributed by atoms with van der Waals surface area (Å²) in [5.41, 5.74) is 1.58. The highest BCUT2D eigenvalue weighted by Gasteiger charge is 2.06. The predicted octanol–water partition coefficient (Wildman–Crippen LogP) is 2.94. The summed E-state index contributed by atoms with van der Waals surface area (Å²) in [5.74, 6) is 1.38. The average molecular weight is 273 g/mol. The van der Waals surface area contributed by atoms with Crippen LogP contribution >= 0.6 is 0 Å². The van der Waals surface area contributed by atoms with E-state index in [-0.39, 0.29) is 6.61 Å². The van der Waals surface area contributed by atoms with Gasteiger partial charge in [0.05, 0.1) is 18.9 Å². The third-order valence-corrected chi connectivity index (χ3v) is 2.78. The monoisotopic (exact) mass is 273 g/mol. The van der Waals surface area contributed by atoms with Crippen LogP contribution in [0.15, 0.2) is 42.6 Å². The Kier molecular flexibility index (Phi) is 5.38. The van der Waals surface area contributed by atoms with Gasteiger partial charge in [0.15, 0.2) is 0 Å². The fraction of sp³-hybridized carbons (Fsp3) is 0.312. The molecule has 0 atom stereocenters. The first-order valence-corrected chi connectivity index (χ1v) is 6.72. The summed E-state index contributed by atoms with van der Waals surface area (Å²) in [6, 6.07) is 11.1. The molecule has 0 saturated carbocycles. The highest BCUT2D eigenvalue weighted by atomic mass is 16.5. The molecular formula is C16H19NO3. The molecule has 4 nitrogen and oxygen atoms in total. The van der Waals surface area contributed by atoms with Crippen molar-refractivity contribution in [3.63, 3.8) is 0 Å². The number of aromatic nitrogens is 1. The molecule has 0 saturated heterocycles. The normalized spacial score (nSPS) is 10.3. The van der Waals surface area contributed by atoms with Crippen LogP contribution in [0, 0.1) is 0 Å². The lowest BCUT2D eigenvalue weighted by atomic mass is 10.2. The van der Waals surface area contributed by atoms with Crippen molar-refractivity contribution in [3.8, 4) is 11.5 Å². The fourth-order valence-electron chi connectivity index (χ4n) is 1.74. The highest BCUT2D eigenvalue weighted by Crippen LogP contribution is 2.26. The van der Waals surface area contributed by atoms with Crippen molar-refractivity contribution in [2.75, 3.05) is 6.61 Å². The number of aliphatic hydroxyl groups is 1. The lowest BCUT2D eigenvalue weighted by Crippen LogP contribution is -2.02. The van der Waals surface area contributed by atoms with Gasteiger partial charge in [-0.25, -0.2) is 0 Å². The summed E-state index contributed by atoms with van der Waals surface area (Å²) < 4.78 is 11.3. The molecule has 0 amide bonds. The van der Waals surface area contributed by atoms with Gasteiger partial charge < -0.3 is 14.6 Å². The number of aliphatic hydroxyl groups excluding tert-OH is 1. The molecule has 0 fully saturated rings. The Morgan fingerprint density at radius 3 is 2.75 bits per heavy atom. The van der Waals surface area contributed by atoms with Crippen molar-refractivity contribution < 1.29 is 14.6 Å². The van der Waals surface area contributed by atoms with Crippen molar-refractivity contribution in [2.45, 2.75) is 26.6 Å². The SMILES string of the molecule is CCCOc1ccc(CO)c(OCc2ccccn2)c1. The third-order valence-electron chi connectivity index (χ3n) is 2.78. The summed E-state index contributed by atoms with van der Waals surface area (Å²) in [7, 11) is 0. The van der Waals surface area contributed by atoms with Crippen molar-refractivity contribution in [3.05, 3.63) is 53.9 Å². The van der Waals surface area contributed by atoms with E-state index in [4.69, 9.17) is 9.47 Å². The first-order chi connectivity index (χ1) is 9.83. The largest absolute Gasteiger partial charge is 0.493 e. The maximum Gasteiger partial charge on any atom is 0.130 e. The van der Waals surface area contributed by atoms with Crippen molar-refractivity contribution in [1.29, 1.82) is 0 Å². The highest BCUT2D eigenvalue weighted by molar-refractivity contribution is 5.40. The van der Waals surface area contributed by atoms with Crippen LogP contribution in [0.4, 0.5) is 0 Å². The van der Waals surface area contributed by atoms with Crippen LogP contribution in [-0.4, -0.2) is 16.7 Å². The van der Waals surface area contributed by atoms with Crippen LogP contribution in [0.2, 0.25) is 0 Å². The Labute approximate surface area is 119 Å². The van der Waals surface area contributed by atoms with Gasteiger partial charge >= 0.3 is 0 Å². The molecule has 1 aromatic heterocycles. The summed E-state index contributed by atoms with van der Waals surface area (Å²) in [6.07, 6.45) is 2.68. The molecule has 1 heterocycles. The van der Waals surface area contributed by atoms with Crippen LogP contribution in [-0.2, 0) is 13.2 Å². The van der Waals surface area contributed by atoms with E-state index in [0.717, 1.165) is 23.4 Å². The molecule has 1 aromatic carbocycles. The van der Waals surface area contributed by atoms with Crippen LogP contribution in [0.25, 0.3) is 0 Å². The van der Waals surface area contributed by atoms with E-state index >= 15 is 0 Å². The summed E-state index contributed by atoms with van der Waals surface area (Å²) in [6.45, 7) is 3.02. The van der Waals surface area contributed by atoms with Gasteiger partial charge in [0.1, 0.15) is 18.1 Å². The second-order valence-corrected chi connectivity index (χ2v) is 4.39. The molecule has 0 aliphatic carbocycles. The van der Waals surface area contributed by atoms with Crippen molar-refractivity contribution >= 4 is 0 Å². The Morgan fingerprint density at radius 1 is 1.15 bits per heavy atom. The van der Waals surface area contributed by atoms with Gasteiger partial charge in [0.25, 0.3) is 0 Å². The van der Waals surface area contributed by atoms with Gasteiger partial charge in [0, 0.05) is 17.8 Å².